The van der Waals surface area contributed by atoms with E-state index >= 15 is 0 Å². The first-order valence-corrected chi connectivity index (χ1v) is 6.72. The number of methoxy groups -OCH3 is 1. The maximum Gasteiger partial charge on any atom is 0.311 e. The standard InChI is InChI=1S/C13H11IN2O3/c1-19-13(18)9-5-12(17)16(7-9)11-3-2-8(6-15)4-10(11)14/h2-4,9H,5,7H2,1H3. The number of nitriles is 1. The van der Waals surface area contributed by atoms with E-state index < -0.39 is 5.92 Å². The van der Waals surface area contributed by atoms with Crippen LogP contribution in [0, 0.1) is 20.8 Å². The molecule has 6 heteroatoms. The molecule has 1 aliphatic heterocycles. The summed E-state index contributed by atoms with van der Waals surface area (Å²) >= 11 is 2.08. The van der Waals surface area contributed by atoms with Crippen molar-refractivity contribution in [2.75, 3.05) is 18.6 Å². The van der Waals surface area contributed by atoms with E-state index in [-0.39, 0.29) is 18.3 Å². The van der Waals surface area contributed by atoms with Crippen LogP contribution in [-0.2, 0) is 14.3 Å². The number of halogens is 1. The van der Waals surface area contributed by atoms with E-state index in [1.54, 1.807) is 23.1 Å². The van der Waals surface area contributed by atoms with Crippen molar-refractivity contribution in [1.82, 2.24) is 0 Å². The topological polar surface area (TPSA) is 70.4 Å². The van der Waals surface area contributed by atoms with Crippen molar-refractivity contribution in [1.29, 1.82) is 5.26 Å². The van der Waals surface area contributed by atoms with Gasteiger partial charge in [-0.2, -0.15) is 5.26 Å². The van der Waals surface area contributed by atoms with Crippen molar-refractivity contribution < 1.29 is 14.3 Å². The van der Waals surface area contributed by atoms with Crippen LogP contribution in [0.15, 0.2) is 18.2 Å². The first kappa shape index (κ1) is 13.8. The average molecular weight is 370 g/mol. The summed E-state index contributed by atoms with van der Waals surface area (Å²) in [6, 6.07) is 7.16. The highest BCUT2D eigenvalue weighted by molar-refractivity contribution is 14.1. The van der Waals surface area contributed by atoms with E-state index in [4.69, 9.17) is 5.26 Å². The smallest absolute Gasteiger partial charge is 0.311 e. The Labute approximate surface area is 124 Å². The fraction of sp³-hybridized carbons (Fsp3) is 0.308. The Bertz CT molecular complexity index is 580. The minimum absolute atomic E-state index is 0.0991. The Kier molecular flexibility index (Phi) is 4.04. The molecule has 0 N–H and O–H groups in total. The SMILES string of the molecule is COC(=O)C1CC(=O)N(c2ccc(C#N)cc2I)C1. The molecule has 0 bridgehead atoms. The molecule has 0 radical (unpaired) electrons. The zero-order chi connectivity index (χ0) is 14.0. The zero-order valence-electron chi connectivity index (χ0n) is 10.2. The normalized spacial score (nSPS) is 18.3. The maximum atomic E-state index is 12.0. The van der Waals surface area contributed by atoms with E-state index in [1.807, 2.05) is 0 Å². The number of esters is 1. The fourth-order valence-corrected chi connectivity index (χ4v) is 2.87. The second-order valence-electron chi connectivity index (χ2n) is 4.21. The van der Waals surface area contributed by atoms with Gasteiger partial charge >= 0.3 is 5.97 Å². The van der Waals surface area contributed by atoms with Gasteiger partial charge in [-0.15, -0.1) is 0 Å². The highest BCUT2D eigenvalue weighted by Crippen LogP contribution is 2.30. The van der Waals surface area contributed by atoms with Crippen LogP contribution in [-0.4, -0.2) is 25.5 Å². The molecule has 1 unspecified atom stereocenters. The average Bonchev–Trinajstić information content (AvgIpc) is 2.79. The van der Waals surface area contributed by atoms with Crippen LogP contribution in [0.2, 0.25) is 0 Å². The number of ether oxygens (including phenoxy) is 1. The van der Waals surface area contributed by atoms with Crippen LogP contribution < -0.4 is 4.90 Å². The highest BCUT2D eigenvalue weighted by Gasteiger charge is 2.36. The van der Waals surface area contributed by atoms with Crippen LogP contribution in [0.1, 0.15) is 12.0 Å². The van der Waals surface area contributed by atoms with Crippen LogP contribution >= 0.6 is 22.6 Å². The molecule has 0 aromatic heterocycles. The second kappa shape index (κ2) is 5.57. The first-order chi connectivity index (χ1) is 9.06. The number of rotatable bonds is 2. The molecule has 98 valence electrons. The molecule has 1 atom stereocenters. The largest absolute Gasteiger partial charge is 0.469 e. The predicted octanol–water partition coefficient (Wildman–Crippen LogP) is 1.69. The summed E-state index contributed by atoms with van der Waals surface area (Å²) in [7, 11) is 1.32. The van der Waals surface area contributed by atoms with Crippen LogP contribution in [0.25, 0.3) is 0 Å². The van der Waals surface area contributed by atoms with Crippen molar-refractivity contribution in [2.45, 2.75) is 6.42 Å². The van der Waals surface area contributed by atoms with Gasteiger partial charge in [0.2, 0.25) is 5.91 Å². The highest BCUT2D eigenvalue weighted by atomic mass is 127. The Morgan fingerprint density at radius 1 is 1.58 bits per heavy atom. The number of amides is 1. The molecule has 1 aliphatic rings. The fourth-order valence-electron chi connectivity index (χ4n) is 2.06. The third kappa shape index (κ3) is 2.71. The van der Waals surface area contributed by atoms with Gasteiger partial charge in [-0.05, 0) is 40.8 Å². The van der Waals surface area contributed by atoms with E-state index in [0.717, 1.165) is 9.26 Å². The minimum Gasteiger partial charge on any atom is -0.469 e. The molecule has 5 nitrogen and oxygen atoms in total. The lowest BCUT2D eigenvalue weighted by molar-refractivity contribution is -0.145. The number of anilines is 1. The molecule has 19 heavy (non-hydrogen) atoms. The molecule has 0 spiro atoms. The number of hydrogen-bond donors (Lipinski definition) is 0. The molecule has 1 saturated heterocycles. The molecule has 1 amide bonds. The van der Waals surface area contributed by atoms with Gasteiger partial charge in [0.15, 0.2) is 0 Å². The predicted molar refractivity (Wildman–Crippen MR) is 76.4 cm³/mol. The van der Waals surface area contributed by atoms with Crippen molar-refractivity contribution in [3.05, 3.63) is 27.3 Å². The molecular formula is C13H11IN2O3. The van der Waals surface area contributed by atoms with Gasteiger partial charge in [0.25, 0.3) is 0 Å². The van der Waals surface area contributed by atoms with Gasteiger partial charge in [0.1, 0.15) is 0 Å². The number of nitrogens with zero attached hydrogens (tertiary/aromatic N) is 2. The van der Waals surface area contributed by atoms with Gasteiger partial charge in [0.05, 0.1) is 30.3 Å². The summed E-state index contributed by atoms with van der Waals surface area (Å²) in [6.45, 7) is 0.327. The second-order valence-corrected chi connectivity index (χ2v) is 5.37. The van der Waals surface area contributed by atoms with E-state index in [9.17, 15) is 9.59 Å². The molecule has 0 saturated carbocycles. The molecular weight excluding hydrogens is 359 g/mol. The van der Waals surface area contributed by atoms with Gasteiger partial charge in [-0.25, -0.2) is 0 Å². The Hall–Kier alpha value is -1.62. The van der Waals surface area contributed by atoms with Crippen molar-refractivity contribution in [3.63, 3.8) is 0 Å². The van der Waals surface area contributed by atoms with Crippen LogP contribution in [0.4, 0.5) is 5.69 Å². The van der Waals surface area contributed by atoms with Gasteiger partial charge in [0, 0.05) is 16.5 Å². The molecule has 2 rings (SSSR count). The summed E-state index contributed by atoms with van der Waals surface area (Å²) in [5.41, 5.74) is 1.28. The lowest BCUT2D eigenvalue weighted by Gasteiger charge is -2.18. The number of hydrogen-bond acceptors (Lipinski definition) is 4. The summed E-state index contributed by atoms with van der Waals surface area (Å²) in [4.78, 5) is 25.0. The van der Waals surface area contributed by atoms with Crippen molar-refractivity contribution in [3.8, 4) is 6.07 Å². The molecule has 1 aromatic carbocycles. The summed E-state index contributed by atoms with van der Waals surface area (Å²) in [5.74, 6) is -0.874. The summed E-state index contributed by atoms with van der Waals surface area (Å²) in [6.07, 6.45) is 0.169. The maximum absolute atomic E-state index is 12.0. The molecule has 0 aliphatic carbocycles. The minimum atomic E-state index is -0.413. The van der Waals surface area contributed by atoms with E-state index in [1.165, 1.54) is 7.11 Å². The number of benzene rings is 1. The Morgan fingerprint density at radius 2 is 2.32 bits per heavy atom. The number of carbonyl (C=O) groups is 2. The van der Waals surface area contributed by atoms with E-state index in [0.29, 0.717) is 12.1 Å². The molecule has 1 heterocycles. The van der Waals surface area contributed by atoms with Crippen LogP contribution in [0.5, 0.6) is 0 Å². The van der Waals surface area contributed by atoms with Crippen molar-refractivity contribution in [2.24, 2.45) is 5.92 Å². The quantitative estimate of drug-likeness (QED) is 0.587. The first-order valence-electron chi connectivity index (χ1n) is 5.64. The van der Waals surface area contributed by atoms with Gasteiger partial charge in [-0.1, -0.05) is 0 Å². The summed E-state index contributed by atoms with van der Waals surface area (Å²) in [5, 5.41) is 8.82. The third-order valence-electron chi connectivity index (χ3n) is 3.03. The van der Waals surface area contributed by atoms with E-state index in [2.05, 4.69) is 33.4 Å². The monoisotopic (exact) mass is 370 g/mol. The lowest BCUT2D eigenvalue weighted by Crippen LogP contribution is -2.26. The summed E-state index contributed by atoms with van der Waals surface area (Å²) < 4.78 is 5.49. The third-order valence-corrected chi connectivity index (χ3v) is 3.89. The van der Waals surface area contributed by atoms with Crippen LogP contribution in [0.3, 0.4) is 0 Å². The lowest BCUT2D eigenvalue weighted by atomic mass is 10.1. The Balaban J connectivity index is 2.26. The number of carbonyl (C=O) groups excluding carboxylic acids is 2. The van der Waals surface area contributed by atoms with Gasteiger partial charge < -0.3 is 9.64 Å². The Morgan fingerprint density at radius 3 is 2.89 bits per heavy atom. The molecule has 1 fully saturated rings. The zero-order valence-corrected chi connectivity index (χ0v) is 12.4. The molecule has 1 aromatic rings. The van der Waals surface area contributed by atoms with Crippen molar-refractivity contribution >= 4 is 40.2 Å². The van der Waals surface area contributed by atoms with Gasteiger partial charge in [-0.3, -0.25) is 9.59 Å².